The number of hydrogen-bond acceptors (Lipinski definition) is 3. The zero-order valence-electron chi connectivity index (χ0n) is 12.8. The number of likely N-dealkylation sites (tertiary alicyclic amines) is 1. The van der Waals surface area contributed by atoms with Crippen molar-refractivity contribution in [1.82, 2.24) is 10.2 Å². The Bertz CT molecular complexity index is 381. The summed E-state index contributed by atoms with van der Waals surface area (Å²) in [6.07, 6.45) is 6.22. The summed E-state index contributed by atoms with van der Waals surface area (Å²) in [5.41, 5.74) is -0.637. The number of aliphatic carboxylic acids is 1. The monoisotopic (exact) mass is 280 g/mol. The minimum absolute atomic E-state index is 0.465. The smallest absolute Gasteiger partial charge is 0.323 e. The molecule has 3 fully saturated rings. The highest BCUT2D eigenvalue weighted by molar-refractivity contribution is 5.79. The van der Waals surface area contributed by atoms with E-state index in [-0.39, 0.29) is 0 Å². The summed E-state index contributed by atoms with van der Waals surface area (Å²) in [7, 11) is 0. The fraction of sp³-hybridized carbons (Fsp3) is 0.938. The molecule has 1 aliphatic heterocycles. The maximum atomic E-state index is 11.7. The number of carbonyl (C=O) groups is 1. The number of nitrogens with one attached hydrogen (secondary N) is 1. The molecule has 114 valence electrons. The fourth-order valence-electron chi connectivity index (χ4n) is 4.03. The summed E-state index contributed by atoms with van der Waals surface area (Å²) in [5, 5.41) is 13.1. The predicted molar refractivity (Wildman–Crippen MR) is 78.7 cm³/mol. The van der Waals surface area contributed by atoms with Crippen LogP contribution in [-0.2, 0) is 4.79 Å². The average molecular weight is 280 g/mol. The molecule has 1 saturated heterocycles. The van der Waals surface area contributed by atoms with Crippen LogP contribution in [0.5, 0.6) is 0 Å². The van der Waals surface area contributed by atoms with Gasteiger partial charge in [-0.15, -0.1) is 0 Å². The zero-order chi connectivity index (χ0) is 14.3. The van der Waals surface area contributed by atoms with Gasteiger partial charge in [-0.05, 0) is 56.9 Å². The van der Waals surface area contributed by atoms with E-state index in [1.54, 1.807) is 0 Å². The van der Waals surface area contributed by atoms with Gasteiger partial charge in [0, 0.05) is 18.6 Å². The molecular formula is C16H28N2O2. The lowest BCUT2D eigenvalue weighted by Crippen LogP contribution is -2.52. The van der Waals surface area contributed by atoms with E-state index in [0.29, 0.717) is 12.1 Å². The van der Waals surface area contributed by atoms with Crippen LogP contribution in [0, 0.1) is 11.8 Å². The fourth-order valence-corrected chi connectivity index (χ4v) is 4.03. The SMILES string of the molecule is CC(C)C1CCN(C2CCC(NC3CC3)(C(=O)O)C2)C1. The van der Waals surface area contributed by atoms with Gasteiger partial charge in [-0.2, -0.15) is 0 Å². The van der Waals surface area contributed by atoms with E-state index in [1.165, 1.54) is 13.0 Å². The molecule has 3 unspecified atom stereocenters. The number of hydrogen-bond donors (Lipinski definition) is 2. The summed E-state index contributed by atoms with van der Waals surface area (Å²) in [5.74, 6) is 0.910. The third-order valence-corrected chi connectivity index (χ3v) is 5.67. The second-order valence-electron chi connectivity index (χ2n) is 7.49. The van der Waals surface area contributed by atoms with Crippen LogP contribution in [0.2, 0.25) is 0 Å². The molecule has 2 N–H and O–H groups in total. The van der Waals surface area contributed by atoms with Gasteiger partial charge in [-0.25, -0.2) is 0 Å². The van der Waals surface area contributed by atoms with Crippen molar-refractivity contribution in [2.75, 3.05) is 13.1 Å². The molecule has 0 aromatic carbocycles. The molecule has 3 atom stereocenters. The van der Waals surface area contributed by atoms with Gasteiger partial charge in [-0.3, -0.25) is 10.1 Å². The van der Waals surface area contributed by atoms with Crippen molar-refractivity contribution < 1.29 is 9.90 Å². The molecule has 1 heterocycles. The van der Waals surface area contributed by atoms with Crippen LogP contribution in [0.4, 0.5) is 0 Å². The van der Waals surface area contributed by atoms with Gasteiger partial charge in [0.05, 0.1) is 0 Å². The van der Waals surface area contributed by atoms with Crippen molar-refractivity contribution in [3.8, 4) is 0 Å². The van der Waals surface area contributed by atoms with Crippen LogP contribution >= 0.6 is 0 Å². The summed E-state index contributed by atoms with van der Waals surface area (Å²) in [4.78, 5) is 14.3. The Morgan fingerprint density at radius 2 is 2.05 bits per heavy atom. The van der Waals surface area contributed by atoms with Crippen molar-refractivity contribution in [1.29, 1.82) is 0 Å². The third kappa shape index (κ3) is 2.73. The van der Waals surface area contributed by atoms with E-state index in [9.17, 15) is 9.90 Å². The molecule has 2 aliphatic carbocycles. The molecule has 0 radical (unpaired) electrons. The lowest BCUT2D eigenvalue weighted by atomic mass is 9.95. The summed E-state index contributed by atoms with van der Waals surface area (Å²) >= 11 is 0. The number of carboxylic acid groups (broad SMARTS) is 1. The van der Waals surface area contributed by atoms with E-state index in [1.807, 2.05) is 0 Å². The topological polar surface area (TPSA) is 52.6 Å². The lowest BCUT2D eigenvalue weighted by molar-refractivity contribution is -0.145. The van der Waals surface area contributed by atoms with Crippen LogP contribution in [0.25, 0.3) is 0 Å². The molecule has 0 aromatic rings. The van der Waals surface area contributed by atoms with Gasteiger partial charge >= 0.3 is 5.97 Å². The van der Waals surface area contributed by atoms with Crippen molar-refractivity contribution in [3.05, 3.63) is 0 Å². The quantitative estimate of drug-likeness (QED) is 0.810. The first-order valence-corrected chi connectivity index (χ1v) is 8.25. The summed E-state index contributed by atoms with van der Waals surface area (Å²) < 4.78 is 0. The molecule has 20 heavy (non-hydrogen) atoms. The van der Waals surface area contributed by atoms with Crippen LogP contribution < -0.4 is 5.32 Å². The first-order chi connectivity index (χ1) is 9.50. The highest BCUT2D eigenvalue weighted by atomic mass is 16.4. The maximum Gasteiger partial charge on any atom is 0.323 e. The second-order valence-corrected chi connectivity index (χ2v) is 7.49. The maximum absolute atomic E-state index is 11.7. The van der Waals surface area contributed by atoms with E-state index in [0.717, 1.165) is 50.5 Å². The first-order valence-electron chi connectivity index (χ1n) is 8.25. The first kappa shape index (κ1) is 14.3. The Morgan fingerprint density at radius 1 is 1.30 bits per heavy atom. The molecule has 0 spiro atoms. The molecule has 2 saturated carbocycles. The minimum atomic E-state index is -0.637. The number of rotatable bonds is 5. The Balaban J connectivity index is 1.61. The molecule has 3 rings (SSSR count). The molecule has 0 amide bonds. The van der Waals surface area contributed by atoms with Crippen molar-refractivity contribution in [2.45, 2.75) is 70.0 Å². The summed E-state index contributed by atoms with van der Waals surface area (Å²) in [6.45, 7) is 6.94. The summed E-state index contributed by atoms with van der Waals surface area (Å²) in [6, 6.07) is 0.938. The van der Waals surface area contributed by atoms with Crippen molar-refractivity contribution >= 4 is 5.97 Å². The molecule has 0 aromatic heterocycles. The third-order valence-electron chi connectivity index (χ3n) is 5.67. The van der Waals surface area contributed by atoms with Gasteiger partial charge in [0.25, 0.3) is 0 Å². The number of nitrogens with zero attached hydrogens (tertiary/aromatic N) is 1. The van der Waals surface area contributed by atoms with Crippen LogP contribution in [0.15, 0.2) is 0 Å². The zero-order valence-corrected chi connectivity index (χ0v) is 12.8. The molecule has 4 nitrogen and oxygen atoms in total. The van der Waals surface area contributed by atoms with Crippen molar-refractivity contribution in [2.24, 2.45) is 11.8 Å². The van der Waals surface area contributed by atoms with Gasteiger partial charge in [0.2, 0.25) is 0 Å². The van der Waals surface area contributed by atoms with Gasteiger partial charge in [-0.1, -0.05) is 13.8 Å². The van der Waals surface area contributed by atoms with E-state index in [2.05, 4.69) is 24.1 Å². The van der Waals surface area contributed by atoms with E-state index in [4.69, 9.17) is 0 Å². The Kier molecular flexibility index (Phi) is 3.80. The molecule has 3 aliphatic rings. The standard InChI is InChI=1S/C16H28N2O2/c1-11(2)12-6-8-18(10-12)14-5-7-16(9-14,15(19)20)17-13-3-4-13/h11-14,17H,3-10H2,1-2H3,(H,19,20). The normalized spacial score (nSPS) is 38.8. The Labute approximate surface area is 121 Å². The molecule has 0 bridgehead atoms. The highest BCUT2D eigenvalue weighted by Gasteiger charge is 2.50. The van der Waals surface area contributed by atoms with Gasteiger partial charge in [0.15, 0.2) is 0 Å². The second kappa shape index (κ2) is 5.30. The van der Waals surface area contributed by atoms with Crippen LogP contribution in [-0.4, -0.2) is 46.7 Å². The highest BCUT2D eigenvalue weighted by Crippen LogP contribution is 2.38. The molecule has 4 heteroatoms. The van der Waals surface area contributed by atoms with E-state index >= 15 is 0 Å². The predicted octanol–water partition coefficient (Wildman–Crippen LogP) is 2.09. The largest absolute Gasteiger partial charge is 0.480 e. The Morgan fingerprint density at radius 3 is 2.60 bits per heavy atom. The van der Waals surface area contributed by atoms with E-state index < -0.39 is 11.5 Å². The lowest BCUT2D eigenvalue weighted by Gasteiger charge is -2.29. The Hall–Kier alpha value is -0.610. The van der Waals surface area contributed by atoms with Gasteiger partial charge < -0.3 is 10.0 Å². The molecular weight excluding hydrogens is 252 g/mol. The number of carboxylic acids is 1. The van der Waals surface area contributed by atoms with Gasteiger partial charge in [0.1, 0.15) is 5.54 Å². The minimum Gasteiger partial charge on any atom is -0.480 e. The van der Waals surface area contributed by atoms with Crippen LogP contribution in [0.3, 0.4) is 0 Å². The average Bonchev–Trinajstić information content (AvgIpc) is 2.92. The van der Waals surface area contributed by atoms with Crippen molar-refractivity contribution in [3.63, 3.8) is 0 Å². The van der Waals surface area contributed by atoms with Crippen LogP contribution in [0.1, 0.15) is 52.4 Å².